The van der Waals surface area contributed by atoms with E-state index < -0.39 is 17.4 Å². The standard InChI is InChI=1S/C13H26O6.C9H18O2/c1-2-11(12(17)18)5-3-4-6-19-10-13(7-14,8-15)9-16;1-7(5-8(10)11)6-9(2,3)4/h11,14-16H,2-10H2,1H3,(H,17,18);7H,5-6H2,1-4H3,(H,10,11). The molecule has 0 fully saturated rings. The molecule has 0 amide bonds. The van der Waals surface area contributed by atoms with E-state index in [0.717, 1.165) is 19.3 Å². The number of aliphatic carboxylic acids is 2. The lowest BCUT2D eigenvalue weighted by Gasteiger charge is -2.26. The van der Waals surface area contributed by atoms with Crippen LogP contribution in [0, 0.1) is 22.7 Å². The van der Waals surface area contributed by atoms with Crippen molar-refractivity contribution < 1.29 is 39.9 Å². The van der Waals surface area contributed by atoms with Crippen LogP contribution in [-0.2, 0) is 14.3 Å². The van der Waals surface area contributed by atoms with Crippen molar-refractivity contribution in [1.29, 1.82) is 0 Å². The second-order valence-electron chi connectivity index (χ2n) is 9.43. The van der Waals surface area contributed by atoms with Crippen LogP contribution in [0.25, 0.3) is 0 Å². The van der Waals surface area contributed by atoms with E-state index in [2.05, 4.69) is 20.8 Å². The van der Waals surface area contributed by atoms with Crippen LogP contribution in [0.1, 0.15) is 73.1 Å². The van der Waals surface area contributed by atoms with Crippen LogP contribution < -0.4 is 0 Å². The van der Waals surface area contributed by atoms with Crippen LogP contribution in [0.5, 0.6) is 0 Å². The van der Waals surface area contributed by atoms with Crippen LogP contribution in [0.4, 0.5) is 0 Å². The molecule has 0 saturated heterocycles. The maximum atomic E-state index is 10.8. The van der Waals surface area contributed by atoms with Gasteiger partial charge >= 0.3 is 11.9 Å². The molecule has 8 heteroatoms. The SMILES string of the molecule is CC(CC(=O)O)CC(C)(C)C.CCC(CCCCOCC(CO)(CO)CO)C(=O)O. The molecular weight excluding hydrogens is 392 g/mol. The van der Waals surface area contributed by atoms with E-state index in [0.29, 0.717) is 19.4 Å². The lowest BCUT2D eigenvalue weighted by molar-refractivity contribution is -0.142. The summed E-state index contributed by atoms with van der Waals surface area (Å²) >= 11 is 0. The first-order chi connectivity index (χ1) is 13.9. The van der Waals surface area contributed by atoms with Gasteiger partial charge in [0, 0.05) is 13.0 Å². The maximum absolute atomic E-state index is 10.8. The highest BCUT2D eigenvalue weighted by Gasteiger charge is 2.28. The van der Waals surface area contributed by atoms with Crippen LogP contribution in [0.15, 0.2) is 0 Å². The Labute approximate surface area is 181 Å². The Balaban J connectivity index is 0. The molecule has 0 rings (SSSR count). The van der Waals surface area contributed by atoms with Crippen molar-refractivity contribution in [2.24, 2.45) is 22.7 Å². The fourth-order valence-electron chi connectivity index (χ4n) is 3.09. The minimum absolute atomic E-state index is 0.0899. The summed E-state index contributed by atoms with van der Waals surface area (Å²) in [4.78, 5) is 21.1. The first-order valence-electron chi connectivity index (χ1n) is 10.7. The van der Waals surface area contributed by atoms with E-state index in [1.165, 1.54) is 0 Å². The molecule has 2 unspecified atom stereocenters. The highest BCUT2D eigenvalue weighted by molar-refractivity contribution is 5.69. The minimum Gasteiger partial charge on any atom is -0.481 e. The molecule has 30 heavy (non-hydrogen) atoms. The number of carbonyl (C=O) groups is 2. The molecule has 0 aliphatic heterocycles. The number of hydrogen-bond acceptors (Lipinski definition) is 6. The van der Waals surface area contributed by atoms with Gasteiger partial charge in [-0.1, -0.05) is 41.0 Å². The average Bonchev–Trinajstić information content (AvgIpc) is 2.63. The molecule has 0 radical (unpaired) electrons. The molecule has 180 valence electrons. The summed E-state index contributed by atoms with van der Waals surface area (Å²) in [5, 5.41) is 44.6. The Bertz CT molecular complexity index is 446. The largest absolute Gasteiger partial charge is 0.481 e. The molecule has 0 aromatic carbocycles. The zero-order chi connectivity index (χ0) is 23.8. The van der Waals surface area contributed by atoms with Gasteiger partial charge in [-0.15, -0.1) is 0 Å². The normalized spacial score (nSPS) is 13.9. The average molecular weight is 437 g/mol. The number of unbranched alkanes of at least 4 members (excludes halogenated alkanes) is 1. The topological polar surface area (TPSA) is 145 Å². The molecule has 0 aromatic heterocycles. The van der Waals surface area contributed by atoms with Crippen LogP contribution in [-0.4, -0.2) is 70.5 Å². The second kappa shape index (κ2) is 16.5. The van der Waals surface area contributed by atoms with Gasteiger partial charge in [-0.2, -0.15) is 0 Å². The first-order valence-corrected chi connectivity index (χ1v) is 10.7. The van der Waals surface area contributed by atoms with Gasteiger partial charge in [-0.25, -0.2) is 0 Å². The maximum Gasteiger partial charge on any atom is 0.306 e. The van der Waals surface area contributed by atoms with E-state index in [9.17, 15) is 9.59 Å². The quantitative estimate of drug-likeness (QED) is 0.246. The third kappa shape index (κ3) is 16.6. The Morgan fingerprint density at radius 1 is 0.967 bits per heavy atom. The summed E-state index contributed by atoms with van der Waals surface area (Å²) in [7, 11) is 0. The number of rotatable bonds is 15. The van der Waals surface area contributed by atoms with Gasteiger partial charge in [-0.3, -0.25) is 9.59 Å². The van der Waals surface area contributed by atoms with E-state index in [-0.39, 0.29) is 50.1 Å². The molecule has 0 aliphatic carbocycles. The predicted molar refractivity (Wildman–Crippen MR) is 115 cm³/mol. The molecule has 0 aromatic rings. The zero-order valence-corrected chi connectivity index (χ0v) is 19.4. The molecule has 2 atom stereocenters. The Kier molecular flexibility index (Phi) is 17.0. The Hall–Kier alpha value is -1.22. The molecule has 0 saturated carbocycles. The summed E-state index contributed by atoms with van der Waals surface area (Å²) in [5.74, 6) is -1.47. The van der Waals surface area contributed by atoms with E-state index in [1.54, 1.807) is 0 Å². The molecule has 0 heterocycles. The highest BCUT2D eigenvalue weighted by atomic mass is 16.5. The summed E-state index contributed by atoms with van der Waals surface area (Å²) in [6.07, 6.45) is 3.99. The van der Waals surface area contributed by atoms with Gasteiger partial charge in [-0.05, 0) is 37.0 Å². The van der Waals surface area contributed by atoms with Crippen molar-refractivity contribution in [3.05, 3.63) is 0 Å². The van der Waals surface area contributed by atoms with Gasteiger partial charge in [0.25, 0.3) is 0 Å². The smallest absolute Gasteiger partial charge is 0.306 e. The monoisotopic (exact) mass is 436 g/mol. The van der Waals surface area contributed by atoms with Gasteiger partial charge in [0.2, 0.25) is 0 Å². The van der Waals surface area contributed by atoms with Crippen LogP contribution >= 0.6 is 0 Å². The van der Waals surface area contributed by atoms with Gasteiger partial charge in [0.05, 0.1) is 37.8 Å². The fraction of sp³-hybridized carbons (Fsp3) is 0.909. The molecule has 0 bridgehead atoms. The molecule has 5 N–H and O–H groups in total. The number of ether oxygens (including phenoxy) is 1. The van der Waals surface area contributed by atoms with E-state index >= 15 is 0 Å². The van der Waals surface area contributed by atoms with Crippen molar-refractivity contribution in [3.63, 3.8) is 0 Å². The summed E-state index contributed by atoms with van der Waals surface area (Å²) in [6, 6.07) is 0. The van der Waals surface area contributed by atoms with Crippen molar-refractivity contribution in [2.45, 2.75) is 73.1 Å². The van der Waals surface area contributed by atoms with Crippen LogP contribution in [0.2, 0.25) is 0 Å². The molecule has 0 aliphatic rings. The number of hydrogen-bond donors (Lipinski definition) is 5. The molecule has 0 spiro atoms. The third-order valence-electron chi connectivity index (χ3n) is 4.83. The van der Waals surface area contributed by atoms with Crippen molar-refractivity contribution >= 4 is 11.9 Å². The summed E-state index contributed by atoms with van der Waals surface area (Å²) < 4.78 is 5.32. The van der Waals surface area contributed by atoms with Crippen molar-refractivity contribution in [2.75, 3.05) is 33.0 Å². The summed E-state index contributed by atoms with van der Waals surface area (Å²) in [6.45, 7) is 9.74. The summed E-state index contributed by atoms with van der Waals surface area (Å²) in [5.41, 5.74) is -0.748. The van der Waals surface area contributed by atoms with Gasteiger partial charge in [0.1, 0.15) is 0 Å². The number of aliphatic hydroxyl groups is 3. The third-order valence-corrected chi connectivity index (χ3v) is 4.83. The Morgan fingerprint density at radius 3 is 1.87 bits per heavy atom. The molecule has 8 nitrogen and oxygen atoms in total. The minimum atomic E-state index is -0.993. The fourth-order valence-corrected chi connectivity index (χ4v) is 3.09. The number of carboxylic acid groups (broad SMARTS) is 2. The molecular formula is C22H44O8. The number of aliphatic hydroxyl groups excluding tert-OH is 3. The number of carboxylic acids is 2. The Morgan fingerprint density at radius 2 is 1.50 bits per heavy atom. The van der Waals surface area contributed by atoms with Crippen molar-refractivity contribution in [1.82, 2.24) is 0 Å². The van der Waals surface area contributed by atoms with Crippen molar-refractivity contribution in [3.8, 4) is 0 Å². The first kappa shape index (κ1) is 31.0. The zero-order valence-electron chi connectivity index (χ0n) is 19.4. The van der Waals surface area contributed by atoms with Crippen LogP contribution in [0.3, 0.4) is 0 Å². The predicted octanol–water partition coefficient (Wildman–Crippen LogP) is 2.78. The van der Waals surface area contributed by atoms with E-state index in [1.807, 2.05) is 13.8 Å². The van der Waals surface area contributed by atoms with Gasteiger partial charge in [0.15, 0.2) is 0 Å². The van der Waals surface area contributed by atoms with Gasteiger partial charge < -0.3 is 30.3 Å². The lowest BCUT2D eigenvalue weighted by Crippen LogP contribution is -2.38. The lowest BCUT2D eigenvalue weighted by atomic mass is 9.84. The van der Waals surface area contributed by atoms with E-state index in [4.69, 9.17) is 30.3 Å². The highest BCUT2D eigenvalue weighted by Crippen LogP contribution is 2.25. The second-order valence-corrected chi connectivity index (χ2v) is 9.43.